The number of aromatic nitrogens is 1. The van der Waals surface area contributed by atoms with Crippen molar-refractivity contribution in [2.75, 3.05) is 0 Å². The van der Waals surface area contributed by atoms with Crippen LogP contribution in [-0.2, 0) is 5.41 Å². The van der Waals surface area contributed by atoms with Crippen LogP contribution in [-0.4, -0.2) is 4.57 Å². The highest BCUT2D eigenvalue weighted by Crippen LogP contribution is 2.49. The quantitative estimate of drug-likeness (QED) is 0.202. The predicted octanol–water partition coefficient (Wildman–Crippen LogP) is 11.6. The summed E-state index contributed by atoms with van der Waals surface area (Å²) in [5.74, 6) is 0. The number of para-hydroxylation sites is 1. The average molecular weight is 562 g/mol. The molecule has 0 aliphatic heterocycles. The third-order valence-corrected chi connectivity index (χ3v) is 9.80. The Morgan fingerprint density at radius 1 is 0.409 bits per heavy atom. The lowest BCUT2D eigenvalue weighted by Crippen LogP contribution is -2.14. The van der Waals surface area contributed by atoms with Gasteiger partial charge in [0.2, 0.25) is 0 Å². The number of rotatable bonds is 3. The SMILES string of the molecule is CC1(C)c2ccccc2-c2ccc(-c3ccc(-c4ccc5c6ccccc6n(-c6ccc7ccccc7c6)c5c4)cc3)cc21. The van der Waals surface area contributed by atoms with Gasteiger partial charge in [-0.15, -0.1) is 0 Å². The molecule has 1 heterocycles. The fourth-order valence-electron chi connectivity index (χ4n) is 7.48. The molecule has 0 atom stereocenters. The predicted molar refractivity (Wildman–Crippen MR) is 187 cm³/mol. The Morgan fingerprint density at radius 3 is 1.86 bits per heavy atom. The fourth-order valence-corrected chi connectivity index (χ4v) is 7.48. The zero-order valence-corrected chi connectivity index (χ0v) is 24.9. The molecule has 0 saturated carbocycles. The topological polar surface area (TPSA) is 4.93 Å². The van der Waals surface area contributed by atoms with E-state index in [-0.39, 0.29) is 5.41 Å². The van der Waals surface area contributed by atoms with Gasteiger partial charge < -0.3 is 4.57 Å². The fraction of sp³-hybridized carbons (Fsp3) is 0.0698. The first-order chi connectivity index (χ1) is 21.6. The number of fused-ring (bicyclic) bond motifs is 7. The third-order valence-electron chi connectivity index (χ3n) is 9.80. The Bertz CT molecular complexity index is 2400. The summed E-state index contributed by atoms with van der Waals surface area (Å²) in [5.41, 5.74) is 14.1. The number of hydrogen-bond acceptors (Lipinski definition) is 0. The van der Waals surface area contributed by atoms with Gasteiger partial charge in [-0.25, -0.2) is 0 Å². The first-order valence-electron chi connectivity index (χ1n) is 15.4. The molecule has 1 nitrogen and oxygen atoms in total. The summed E-state index contributed by atoms with van der Waals surface area (Å²) in [6.07, 6.45) is 0. The molecule has 208 valence electrons. The molecule has 0 saturated heterocycles. The first kappa shape index (κ1) is 25.1. The summed E-state index contributed by atoms with van der Waals surface area (Å²) in [7, 11) is 0. The van der Waals surface area contributed by atoms with Crippen molar-refractivity contribution in [1.82, 2.24) is 4.57 Å². The van der Waals surface area contributed by atoms with Crippen molar-refractivity contribution in [1.29, 1.82) is 0 Å². The molecule has 1 aromatic heterocycles. The number of nitrogens with zero attached hydrogens (tertiary/aromatic N) is 1. The first-order valence-corrected chi connectivity index (χ1v) is 15.4. The molecule has 0 bridgehead atoms. The minimum atomic E-state index is 0.000780. The molecule has 0 amide bonds. The molecule has 8 aromatic rings. The van der Waals surface area contributed by atoms with E-state index in [0.29, 0.717) is 0 Å². The molecule has 0 fully saturated rings. The van der Waals surface area contributed by atoms with E-state index in [0.717, 1.165) is 0 Å². The average Bonchev–Trinajstić information content (AvgIpc) is 3.53. The van der Waals surface area contributed by atoms with Crippen LogP contribution in [0, 0.1) is 0 Å². The molecule has 9 rings (SSSR count). The monoisotopic (exact) mass is 561 g/mol. The van der Waals surface area contributed by atoms with E-state index in [1.54, 1.807) is 0 Å². The van der Waals surface area contributed by atoms with E-state index in [1.807, 2.05) is 0 Å². The molecule has 1 heteroatoms. The second-order valence-corrected chi connectivity index (χ2v) is 12.6. The van der Waals surface area contributed by atoms with Crippen LogP contribution >= 0.6 is 0 Å². The summed E-state index contributed by atoms with van der Waals surface area (Å²) in [6, 6.07) is 55.9. The summed E-state index contributed by atoms with van der Waals surface area (Å²) in [4.78, 5) is 0. The van der Waals surface area contributed by atoms with Crippen molar-refractivity contribution in [3.05, 3.63) is 163 Å². The van der Waals surface area contributed by atoms with Crippen LogP contribution in [0.3, 0.4) is 0 Å². The minimum Gasteiger partial charge on any atom is -0.309 e. The summed E-state index contributed by atoms with van der Waals surface area (Å²) < 4.78 is 2.42. The molecule has 1 aliphatic rings. The maximum atomic E-state index is 2.42. The summed E-state index contributed by atoms with van der Waals surface area (Å²) in [5, 5.41) is 5.06. The van der Waals surface area contributed by atoms with Crippen molar-refractivity contribution in [3.8, 4) is 39.1 Å². The van der Waals surface area contributed by atoms with E-state index < -0.39 is 0 Å². The maximum absolute atomic E-state index is 2.42. The molecule has 7 aromatic carbocycles. The Labute approximate surface area is 257 Å². The lowest BCUT2D eigenvalue weighted by Gasteiger charge is -2.22. The van der Waals surface area contributed by atoms with Crippen LogP contribution in [0.2, 0.25) is 0 Å². The van der Waals surface area contributed by atoms with Crippen molar-refractivity contribution in [2.45, 2.75) is 19.3 Å². The van der Waals surface area contributed by atoms with Crippen LogP contribution in [0.4, 0.5) is 0 Å². The largest absolute Gasteiger partial charge is 0.309 e. The lowest BCUT2D eigenvalue weighted by atomic mass is 9.81. The van der Waals surface area contributed by atoms with Gasteiger partial charge >= 0.3 is 0 Å². The van der Waals surface area contributed by atoms with Crippen LogP contribution < -0.4 is 0 Å². The van der Waals surface area contributed by atoms with Gasteiger partial charge in [0.05, 0.1) is 11.0 Å². The van der Waals surface area contributed by atoms with Gasteiger partial charge in [-0.05, 0) is 85.6 Å². The van der Waals surface area contributed by atoms with E-state index in [1.165, 1.54) is 82.8 Å². The highest BCUT2D eigenvalue weighted by atomic mass is 15.0. The Morgan fingerprint density at radius 2 is 1.02 bits per heavy atom. The summed E-state index contributed by atoms with van der Waals surface area (Å²) >= 11 is 0. The molecular weight excluding hydrogens is 530 g/mol. The Hall–Kier alpha value is -5.40. The molecular formula is C43H31N. The van der Waals surface area contributed by atoms with Crippen molar-refractivity contribution < 1.29 is 0 Å². The van der Waals surface area contributed by atoms with Crippen molar-refractivity contribution >= 4 is 32.6 Å². The maximum Gasteiger partial charge on any atom is 0.0547 e. The van der Waals surface area contributed by atoms with Crippen molar-refractivity contribution in [3.63, 3.8) is 0 Å². The molecule has 44 heavy (non-hydrogen) atoms. The highest BCUT2D eigenvalue weighted by Gasteiger charge is 2.35. The summed E-state index contributed by atoms with van der Waals surface area (Å²) in [6.45, 7) is 4.69. The van der Waals surface area contributed by atoms with Gasteiger partial charge in [-0.2, -0.15) is 0 Å². The van der Waals surface area contributed by atoms with E-state index in [4.69, 9.17) is 0 Å². The molecule has 1 aliphatic carbocycles. The van der Waals surface area contributed by atoms with Gasteiger partial charge in [0.15, 0.2) is 0 Å². The number of hydrogen-bond donors (Lipinski definition) is 0. The Balaban J connectivity index is 1.13. The van der Waals surface area contributed by atoms with E-state index >= 15 is 0 Å². The van der Waals surface area contributed by atoms with E-state index in [9.17, 15) is 0 Å². The van der Waals surface area contributed by atoms with Gasteiger partial charge in [0.1, 0.15) is 0 Å². The Kier molecular flexibility index (Phi) is 5.31. The lowest BCUT2D eigenvalue weighted by molar-refractivity contribution is 0.660. The highest BCUT2D eigenvalue weighted by molar-refractivity contribution is 6.10. The van der Waals surface area contributed by atoms with Gasteiger partial charge in [-0.1, -0.05) is 135 Å². The van der Waals surface area contributed by atoms with Crippen LogP contribution in [0.25, 0.3) is 71.6 Å². The van der Waals surface area contributed by atoms with Crippen LogP contribution in [0.15, 0.2) is 152 Å². The normalized spacial score (nSPS) is 13.4. The van der Waals surface area contributed by atoms with Gasteiger partial charge in [0.25, 0.3) is 0 Å². The second kappa shape index (κ2) is 9.30. The zero-order chi connectivity index (χ0) is 29.4. The van der Waals surface area contributed by atoms with Gasteiger partial charge in [-0.3, -0.25) is 0 Å². The molecule has 0 spiro atoms. The minimum absolute atomic E-state index is 0.000780. The second-order valence-electron chi connectivity index (χ2n) is 12.6. The van der Waals surface area contributed by atoms with Crippen LogP contribution in [0.5, 0.6) is 0 Å². The van der Waals surface area contributed by atoms with Crippen molar-refractivity contribution in [2.24, 2.45) is 0 Å². The van der Waals surface area contributed by atoms with Crippen LogP contribution in [0.1, 0.15) is 25.0 Å². The smallest absolute Gasteiger partial charge is 0.0547 e. The molecule has 0 N–H and O–H groups in total. The molecule has 0 unspecified atom stereocenters. The van der Waals surface area contributed by atoms with E-state index in [2.05, 4.69) is 170 Å². The number of benzene rings is 7. The third kappa shape index (κ3) is 3.66. The van der Waals surface area contributed by atoms with Gasteiger partial charge in [0, 0.05) is 21.9 Å². The zero-order valence-electron chi connectivity index (χ0n) is 24.9. The molecule has 0 radical (unpaired) electrons. The standard InChI is InChI=1S/C43H31N/c1-43(2)39-13-7-5-11-35(39)36-23-20-32(26-40(36)43)29-15-17-30(18-16-29)33-21-24-38-37-12-6-8-14-41(37)44(42(38)27-33)34-22-19-28-9-3-4-10-31(28)25-34/h3-27H,1-2H3.